The van der Waals surface area contributed by atoms with Crippen molar-refractivity contribution in [3.05, 3.63) is 246 Å². The Morgan fingerprint density at radius 3 is 0.522 bits per heavy atom. The maximum atomic E-state index is 9.63. The molecule has 638 valence electrons. The van der Waals surface area contributed by atoms with Crippen LogP contribution in [0, 0.1) is 0 Å². The second-order valence-electron chi connectivity index (χ2n) is 35.0. The zero-order valence-electron chi connectivity index (χ0n) is 77.2. The van der Waals surface area contributed by atoms with Crippen LogP contribution in [0.4, 0.5) is 0 Å². The topological polar surface area (TPSA) is 27.7 Å². The number of hydrogen-bond donors (Lipinski definition) is 0. The van der Waals surface area contributed by atoms with Crippen molar-refractivity contribution in [1.29, 1.82) is 0 Å². The minimum absolute atomic E-state index is 0.783. The van der Waals surface area contributed by atoms with Crippen molar-refractivity contribution >= 4 is 8.60 Å². The van der Waals surface area contributed by atoms with Crippen LogP contribution in [0.1, 0.15) is 454 Å². The smallest absolute Gasteiger partial charge is 0.291 e. The van der Waals surface area contributed by atoms with Crippen molar-refractivity contribution in [2.75, 3.05) is 0 Å². The van der Waals surface area contributed by atoms with E-state index in [1.807, 2.05) is 0 Å². The van der Waals surface area contributed by atoms with Gasteiger partial charge in [0.05, 0.1) is 0 Å². The summed E-state index contributed by atoms with van der Waals surface area (Å²) in [6.07, 6.45) is 53.8. The molecular weight excluding hydrogens is 1410 g/mol. The summed E-state index contributed by atoms with van der Waals surface area (Å²) in [7, 11) is -2.66. The van der Waals surface area contributed by atoms with E-state index in [0.717, 1.165) is 344 Å². The average molecular weight is 1580 g/mol. The van der Waals surface area contributed by atoms with E-state index in [2.05, 4.69) is 213 Å². The van der Waals surface area contributed by atoms with Crippen molar-refractivity contribution < 1.29 is 13.6 Å². The van der Waals surface area contributed by atoms with Crippen molar-refractivity contribution in [3.8, 4) is 0 Å². The summed E-state index contributed by atoms with van der Waals surface area (Å²) in [5.74, 6) is 0. The molecule has 0 aliphatic heterocycles. The maximum absolute atomic E-state index is 9.63. The number of aryl methyl sites for hydroxylation is 12. The van der Waals surface area contributed by atoms with Gasteiger partial charge in [0.2, 0.25) is 0 Å². The SMILES string of the molecule is C=C(CCCCCC)C(OP(OC(C(=C)CCCCCC)(c1ccc(CCCC)cc1CCCC)c1ccc(CCCC)cc1CCCC)OC(C(=C)CCCCCC)(c1ccc(CCCC)cc1CCCC)c1ccc(CCCC)cc1CCCC)(c1ccc(CCCC)cc1CCCC)c1ccc(CCCC)cc1CCCC. The van der Waals surface area contributed by atoms with Gasteiger partial charge in [-0.1, -0.05) is 368 Å². The summed E-state index contributed by atoms with van der Waals surface area (Å²) in [4.78, 5) is 0. The fourth-order valence-electron chi connectivity index (χ4n) is 17.9. The predicted molar refractivity (Wildman–Crippen MR) is 508 cm³/mol. The summed E-state index contributed by atoms with van der Waals surface area (Å²) >= 11 is 0. The minimum Gasteiger partial charge on any atom is -0.291 e. The molecule has 0 aromatic heterocycles. The number of benzene rings is 6. The van der Waals surface area contributed by atoms with Crippen molar-refractivity contribution in [1.82, 2.24) is 0 Å². The molecule has 6 aromatic rings. The molecule has 0 atom stereocenters. The van der Waals surface area contributed by atoms with Gasteiger partial charge in [-0.15, -0.1) is 0 Å². The monoisotopic (exact) mass is 1580 g/mol. The van der Waals surface area contributed by atoms with Crippen LogP contribution in [0.25, 0.3) is 0 Å². The predicted octanol–water partition coefficient (Wildman–Crippen LogP) is 34.8. The zero-order valence-corrected chi connectivity index (χ0v) is 78.1. The Morgan fingerprint density at radius 1 is 0.209 bits per heavy atom. The fourth-order valence-corrected chi connectivity index (χ4v) is 19.6. The van der Waals surface area contributed by atoms with Crippen LogP contribution in [0.15, 0.2) is 146 Å². The van der Waals surface area contributed by atoms with Crippen LogP contribution in [-0.4, -0.2) is 0 Å². The summed E-state index contributed by atoms with van der Waals surface area (Å²) in [6, 6.07) is 46.1. The van der Waals surface area contributed by atoms with Gasteiger partial charge in [0.15, 0.2) is 0 Å². The summed E-state index contributed by atoms with van der Waals surface area (Å²) in [5, 5.41) is 0. The normalized spacial score (nSPS) is 12.1. The second-order valence-corrected chi connectivity index (χ2v) is 36.0. The Morgan fingerprint density at radius 2 is 0.365 bits per heavy atom. The Labute approximate surface area is 711 Å². The highest BCUT2D eigenvalue weighted by molar-refractivity contribution is 7.41. The van der Waals surface area contributed by atoms with Gasteiger partial charge in [0.1, 0.15) is 16.8 Å². The van der Waals surface area contributed by atoms with Gasteiger partial charge in [-0.2, -0.15) is 0 Å². The lowest BCUT2D eigenvalue weighted by Gasteiger charge is -2.48. The molecule has 0 heterocycles. The molecule has 0 N–H and O–H groups in total. The van der Waals surface area contributed by atoms with E-state index in [0.29, 0.717) is 0 Å². The van der Waals surface area contributed by atoms with E-state index in [1.165, 1.54) is 100 Å². The van der Waals surface area contributed by atoms with E-state index in [1.54, 1.807) is 0 Å². The Balaban J connectivity index is 2.15. The van der Waals surface area contributed by atoms with Crippen LogP contribution in [-0.2, 0) is 107 Å². The molecule has 0 bridgehead atoms. The molecule has 0 saturated heterocycles. The first-order chi connectivity index (χ1) is 56.1. The van der Waals surface area contributed by atoms with Crippen LogP contribution in [0.5, 0.6) is 0 Å². The van der Waals surface area contributed by atoms with Gasteiger partial charge in [-0.05, 0) is 309 Å². The highest BCUT2D eigenvalue weighted by atomic mass is 31.2. The van der Waals surface area contributed by atoms with Gasteiger partial charge in [0, 0.05) is 0 Å². The Bertz CT molecular complexity index is 3150. The summed E-state index contributed by atoms with van der Waals surface area (Å²) < 4.78 is 28.9. The molecule has 4 heteroatoms. The molecule has 0 unspecified atom stereocenters. The standard InChI is InChI=1S/C111H171O3P/c1-19-34-49-52-55-88(16)109(103-76-70-91(58-37-22-4)82-97(103)64-43-28-10,104-77-71-92(59-38-23-5)83-98(104)65-44-29-11)112-115(113-110(89(17)56-53-50-35-20-2,105-78-72-93(60-39-24-6)84-99(105)66-45-30-12)106-79-73-94(61-40-25-7)85-100(106)67-46-31-13)114-111(90(18)57-54-51-36-21-3,107-80-74-95(62-41-26-8)86-101(107)68-47-32-14)108-81-75-96(63-42-27-9)87-102(108)69-48-33-15/h70-87H,16-69H2,1-15H3. The van der Waals surface area contributed by atoms with Gasteiger partial charge in [-0.3, -0.25) is 13.6 Å². The van der Waals surface area contributed by atoms with E-state index in [-0.39, 0.29) is 0 Å². The Hall–Kier alpha value is -5.15. The molecule has 0 aliphatic rings. The molecule has 0 amide bonds. The second kappa shape index (κ2) is 55.6. The zero-order chi connectivity index (χ0) is 83.1. The van der Waals surface area contributed by atoms with Gasteiger partial charge in [-0.25, -0.2) is 0 Å². The first-order valence-electron chi connectivity index (χ1n) is 48.8. The third-order valence-electron chi connectivity index (χ3n) is 25.1. The lowest BCUT2D eigenvalue weighted by molar-refractivity contribution is 0.0112. The molecular formula is C111H171O3P. The number of rotatable bonds is 66. The third kappa shape index (κ3) is 28.8. The van der Waals surface area contributed by atoms with Crippen molar-refractivity contribution in [2.24, 2.45) is 0 Å². The fraction of sp³-hybridized carbons (Fsp3) is 0.622. The van der Waals surface area contributed by atoms with E-state index < -0.39 is 25.4 Å². The molecule has 0 radical (unpaired) electrons. The van der Waals surface area contributed by atoms with Crippen LogP contribution < -0.4 is 0 Å². The molecule has 6 rings (SSSR count). The lowest BCUT2D eigenvalue weighted by Crippen LogP contribution is -2.41. The molecule has 115 heavy (non-hydrogen) atoms. The molecule has 0 saturated carbocycles. The Kier molecular flexibility index (Phi) is 47.7. The minimum atomic E-state index is -2.66. The van der Waals surface area contributed by atoms with E-state index in [9.17, 15) is 13.6 Å². The highest BCUT2D eigenvalue weighted by Gasteiger charge is 2.54. The number of unbranched alkanes of at least 4 members (excludes halogenated alkanes) is 21. The first kappa shape index (κ1) is 98.7. The van der Waals surface area contributed by atoms with Crippen molar-refractivity contribution in [3.63, 3.8) is 0 Å². The molecule has 0 fully saturated rings. The van der Waals surface area contributed by atoms with Gasteiger partial charge >= 0.3 is 8.60 Å². The highest BCUT2D eigenvalue weighted by Crippen LogP contribution is 2.66. The first-order valence-corrected chi connectivity index (χ1v) is 49.9. The molecule has 0 spiro atoms. The molecule has 3 nitrogen and oxygen atoms in total. The largest absolute Gasteiger partial charge is 0.337 e. The molecule has 6 aromatic carbocycles. The van der Waals surface area contributed by atoms with Crippen molar-refractivity contribution in [2.45, 2.75) is 448 Å². The van der Waals surface area contributed by atoms with Crippen LogP contribution >= 0.6 is 8.60 Å². The quantitative estimate of drug-likeness (QED) is 0.0216. The van der Waals surface area contributed by atoms with Gasteiger partial charge < -0.3 is 0 Å². The summed E-state index contributed by atoms with van der Waals surface area (Å²) in [5.41, 5.74) is 23.2. The van der Waals surface area contributed by atoms with Crippen LogP contribution in [0.2, 0.25) is 0 Å². The van der Waals surface area contributed by atoms with E-state index >= 15 is 0 Å². The maximum Gasteiger partial charge on any atom is 0.337 e. The van der Waals surface area contributed by atoms with E-state index in [4.69, 9.17) is 19.7 Å². The van der Waals surface area contributed by atoms with Crippen LogP contribution in [0.3, 0.4) is 0 Å². The van der Waals surface area contributed by atoms with Gasteiger partial charge in [0.25, 0.3) is 0 Å². The molecule has 0 aliphatic carbocycles. The third-order valence-corrected chi connectivity index (χ3v) is 26.4. The number of hydrogen-bond acceptors (Lipinski definition) is 3. The average Bonchev–Trinajstić information content (AvgIpc) is 0.718. The summed E-state index contributed by atoms with van der Waals surface area (Å²) in [6.45, 7) is 52.5. The lowest BCUT2D eigenvalue weighted by atomic mass is 9.73.